The second-order valence-corrected chi connectivity index (χ2v) is 11.5. The number of para-hydroxylation sites is 1. The highest BCUT2D eigenvalue weighted by Gasteiger charge is 2.52. The van der Waals surface area contributed by atoms with E-state index in [1.54, 1.807) is 0 Å². The Hall–Kier alpha value is -2.03. The molecule has 2 aliphatic rings. The molecule has 3 heteroatoms. The molecule has 1 aromatic rings. The van der Waals surface area contributed by atoms with Crippen LogP contribution < -0.4 is 5.32 Å². The van der Waals surface area contributed by atoms with Crippen LogP contribution in [0, 0.1) is 22.7 Å². The van der Waals surface area contributed by atoms with Gasteiger partial charge in [0, 0.05) is 5.69 Å². The van der Waals surface area contributed by atoms with Crippen molar-refractivity contribution in [2.24, 2.45) is 22.7 Å². The van der Waals surface area contributed by atoms with Gasteiger partial charge in [0.15, 0.2) is 0 Å². The van der Waals surface area contributed by atoms with Crippen LogP contribution in [0.15, 0.2) is 54.1 Å². The molecule has 0 aromatic heterocycles. The van der Waals surface area contributed by atoms with Gasteiger partial charge >= 0.3 is 6.09 Å². The quantitative estimate of drug-likeness (QED) is 0.401. The molecule has 1 amide bonds. The second-order valence-electron chi connectivity index (χ2n) is 11.5. The fourth-order valence-electron chi connectivity index (χ4n) is 6.76. The van der Waals surface area contributed by atoms with Crippen molar-refractivity contribution < 1.29 is 9.53 Å². The largest absolute Gasteiger partial charge is 0.446 e. The number of hydrogen-bond acceptors (Lipinski definition) is 2. The number of nitrogens with one attached hydrogen (secondary N) is 1. The van der Waals surface area contributed by atoms with Crippen LogP contribution >= 0.6 is 0 Å². The number of carbonyl (C=O) groups excluding carboxylic acids is 1. The Morgan fingerprint density at radius 2 is 1.97 bits per heavy atom. The summed E-state index contributed by atoms with van der Waals surface area (Å²) < 4.78 is 5.51. The van der Waals surface area contributed by atoms with Crippen LogP contribution in [0.2, 0.25) is 0 Å². The van der Waals surface area contributed by atoms with Gasteiger partial charge in [-0.3, -0.25) is 5.32 Å². The molecular formula is C30H45NO2. The van der Waals surface area contributed by atoms with Crippen molar-refractivity contribution in [3.05, 3.63) is 54.1 Å². The van der Waals surface area contributed by atoms with E-state index in [1.165, 1.54) is 49.7 Å². The highest BCUT2D eigenvalue weighted by atomic mass is 16.6. The van der Waals surface area contributed by atoms with Crippen LogP contribution in [0.3, 0.4) is 0 Å². The Bertz CT molecular complexity index is 840. The van der Waals surface area contributed by atoms with Crippen LogP contribution in [0.1, 0.15) is 92.4 Å². The van der Waals surface area contributed by atoms with Crippen molar-refractivity contribution in [3.63, 3.8) is 0 Å². The SMILES string of the molecule is C=C1CCC2C(C)(C)CCCC2(C)C1CC/C(C)=C/CCC(C)OC(=O)Nc1ccccc1. The summed E-state index contributed by atoms with van der Waals surface area (Å²) in [5, 5.41) is 2.78. The first kappa shape index (κ1) is 25.6. The van der Waals surface area contributed by atoms with Gasteiger partial charge < -0.3 is 4.74 Å². The van der Waals surface area contributed by atoms with Gasteiger partial charge in [0.05, 0.1) is 0 Å². The molecule has 0 radical (unpaired) electrons. The molecule has 3 nitrogen and oxygen atoms in total. The molecule has 3 rings (SSSR count). The number of hydrogen-bond donors (Lipinski definition) is 1. The first-order valence-corrected chi connectivity index (χ1v) is 13.0. The molecule has 4 atom stereocenters. The fourth-order valence-corrected chi connectivity index (χ4v) is 6.76. The van der Waals surface area contributed by atoms with Crippen molar-refractivity contribution in [1.82, 2.24) is 0 Å². The van der Waals surface area contributed by atoms with Crippen molar-refractivity contribution in [2.45, 2.75) is 98.5 Å². The van der Waals surface area contributed by atoms with Crippen molar-refractivity contribution >= 4 is 11.8 Å². The average molecular weight is 452 g/mol. The molecule has 0 spiro atoms. The third kappa shape index (κ3) is 6.52. The summed E-state index contributed by atoms with van der Waals surface area (Å²) in [5.41, 5.74) is 4.56. The van der Waals surface area contributed by atoms with Crippen LogP contribution in [0.25, 0.3) is 0 Å². The molecule has 0 aliphatic heterocycles. The molecule has 33 heavy (non-hydrogen) atoms. The summed E-state index contributed by atoms with van der Waals surface area (Å²) >= 11 is 0. The molecular weight excluding hydrogens is 406 g/mol. The predicted octanol–water partition coefficient (Wildman–Crippen LogP) is 8.93. The van der Waals surface area contributed by atoms with E-state index in [0.29, 0.717) is 16.7 Å². The Labute approximate surface area is 202 Å². The van der Waals surface area contributed by atoms with E-state index in [1.807, 2.05) is 37.3 Å². The first-order valence-electron chi connectivity index (χ1n) is 13.0. The molecule has 0 saturated heterocycles. The number of carbonyl (C=O) groups is 1. The van der Waals surface area contributed by atoms with Gasteiger partial charge in [-0.25, -0.2) is 4.79 Å². The summed E-state index contributed by atoms with van der Waals surface area (Å²) in [6.07, 6.45) is 12.6. The molecule has 0 heterocycles. The minimum atomic E-state index is -0.386. The maximum Gasteiger partial charge on any atom is 0.411 e. The van der Waals surface area contributed by atoms with Crippen LogP contribution in [0.4, 0.5) is 10.5 Å². The lowest BCUT2D eigenvalue weighted by Crippen LogP contribution is -2.49. The van der Waals surface area contributed by atoms with Crippen molar-refractivity contribution in [1.29, 1.82) is 0 Å². The third-order valence-electron chi connectivity index (χ3n) is 8.54. The van der Waals surface area contributed by atoms with E-state index >= 15 is 0 Å². The normalized spacial score (nSPS) is 28.0. The number of fused-ring (bicyclic) bond motifs is 1. The smallest absolute Gasteiger partial charge is 0.411 e. The number of rotatable bonds is 8. The average Bonchev–Trinajstić information content (AvgIpc) is 2.73. The zero-order valence-electron chi connectivity index (χ0n) is 21.6. The molecule has 0 bridgehead atoms. The molecule has 4 unspecified atom stereocenters. The Kier molecular flexibility index (Phi) is 8.48. The maximum absolute atomic E-state index is 12.1. The minimum Gasteiger partial charge on any atom is -0.446 e. The predicted molar refractivity (Wildman–Crippen MR) is 139 cm³/mol. The number of anilines is 1. The summed E-state index contributed by atoms with van der Waals surface area (Å²) in [5.74, 6) is 1.46. The molecule has 1 aromatic carbocycles. The number of benzene rings is 1. The topological polar surface area (TPSA) is 38.3 Å². The number of ether oxygens (including phenoxy) is 1. The van der Waals surface area contributed by atoms with Gasteiger partial charge in [-0.05, 0) is 100 Å². The molecule has 182 valence electrons. The zero-order chi connectivity index (χ0) is 24.1. The van der Waals surface area contributed by atoms with Gasteiger partial charge in [0.2, 0.25) is 0 Å². The van der Waals surface area contributed by atoms with Crippen molar-refractivity contribution in [2.75, 3.05) is 5.32 Å². The van der Waals surface area contributed by atoms with Gasteiger partial charge in [-0.1, -0.05) is 69.2 Å². The van der Waals surface area contributed by atoms with Crippen LogP contribution in [-0.2, 0) is 4.74 Å². The number of amides is 1. The van der Waals surface area contributed by atoms with Gasteiger partial charge in [-0.15, -0.1) is 0 Å². The zero-order valence-corrected chi connectivity index (χ0v) is 21.6. The van der Waals surface area contributed by atoms with E-state index in [0.717, 1.165) is 30.9 Å². The lowest BCUT2D eigenvalue weighted by molar-refractivity contribution is -0.0539. The summed E-state index contributed by atoms with van der Waals surface area (Å²) in [4.78, 5) is 12.1. The van der Waals surface area contributed by atoms with Crippen molar-refractivity contribution in [3.8, 4) is 0 Å². The first-order chi connectivity index (χ1) is 15.6. The summed E-state index contributed by atoms with van der Waals surface area (Å²) in [7, 11) is 0. The number of allylic oxidation sites excluding steroid dienone is 3. The standard InChI is InChI=1S/C30H45NO2/c1-22(12-10-13-24(3)33-28(32)31-25-14-8-7-9-15-25)16-18-26-23(2)17-19-27-29(4,5)20-11-21-30(26,27)6/h7-9,12,14-15,24,26-27H,2,10-11,13,16-21H2,1,3-6H3,(H,31,32)/b22-12+. The fraction of sp³-hybridized carbons (Fsp3) is 0.633. The van der Waals surface area contributed by atoms with E-state index in [-0.39, 0.29) is 12.2 Å². The Balaban J connectivity index is 1.45. The molecule has 2 fully saturated rings. The maximum atomic E-state index is 12.1. The molecule has 2 saturated carbocycles. The highest BCUT2D eigenvalue weighted by Crippen LogP contribution is 2.61. The van der Waals surface area contributed by atoms with Gasteiger partial charge in [0.1, 0.15) is 6.10 Å². The Morgan fingerprint density at radius 1 is 1.24 bits per heavy atom. The van der Waals surface area contributed by atoms with Crippen LogP contribution in [-0.4, -0.2) is 12.2 Å². The second kappa shape index (κ2) is 10.9. The van der Waals surface area contributed by atoms with E-state index in [2.05, 4.69) is 45.7 Å². The third-order valence-corrected chi connectivity index (χ3v) is 8.54. The van der Waals surface area contributed by atoms with Gasteiger partial charge in [0.25, 0.3) is 0 Å². The van der Waals surface area contributed by atoms with Gasteiger partial charge in [-0.2, -0.15) is 0 Å². The summed E-state index contributed by atoms with van der Waals surface area (Å²) in [6, 6.07) is 9.42. The lowest BCUT2D eigenvalue weighted by atomic mass is 9.47. The van der Waals surface area contributed by atoms with Crippen LogP contribution in [0.5, 0.6) is 0 Å². The monoisotopic (exact) mass is 451 g/mol. The minimum absolute atomic E-state index is 0.111. The Morgan fingerprint density at radius 3 is 2.70 bits per heavy atom. The lowest BCUT2D eigenvalue weighted by Gasteiger charge is -2.58. The van der Waals surface area contributed by atoms with E-state index < -0.39 is 0 Å². The highest BCUT2D eigenvalue weighted by molar-refractivity contribution is 5.84. The summed E-state index contributed by atoms with van der Waals surface area (Å²) in [6.45, 7) is 16.3. The molecule has 1 N–H and O–H groups in total. The van der Waals surface area contributed by atoms with E-state index in [9.17, 15) is 4.79 Å². The molecule has 2 aliphatic carbocycles. The van der Waals surface area contributed by atoms with E-state index in [4.69, 9.17) is 4.74 Å².